The van der Waals surface area contributed by atoms with E-state index in [2.05, 4.69) is 0 Å². The number of morpholine rings is 1. The van der Waals surface area contributed by atoms with Crippen LogP contribution >= 0.6 is 0 Å². The normalized spacial score (nSPS) is 21.2. The van der Waals surface area contributed by atoms with E-state index >= 15 is 0 Å². The van der Waals surface area contributed by atoms with Gasteiger partial charge in [0.2, 0.25) is 5.91 Å². The Morgan fingerprint density at radius 2 is 2.21 bits per heavy atom. The Morgan fingerprint density at radius 1 is 1.47 bits per heavy atom. The number of carbonyl (C=O) groups excluding carboxylic acids is 1. The maximum absolute atomic E-state index is 12.2. The van der Waals surface area contributed by atoms with Crippen LogP contribution in [-0.4, -0.2) is 37.0 Å². The second-order valence-electron chi connectivity index (χ2n) is 5.15. The maximum Gasteiger partial charge on any atom is 0.223 e. The van der Waals surface area contributed by atoms with Gasteiger partial charge in [0.25, 0.3) is 0 Å². The second-order valence-corrected chi connectivity index (χ2v) is 5.15. The van der Waals surface area contributed by atoms with Crippen molar-refractivity contribution in [2.75, 3.05) is 26.2 Å². The molecule has 0 aromatic heterocycles. The molecule has 0 spiro atoms. The van der Waals surface area contributed by atoms with E-state index in [9.17, 15) is 4.79 Å². The van der Waals surface area contributed by atoms with Crippen LogP contribution in [0.5, 0.6) is 0 Å². The predicted octanol–water partition coefficient (Wildman–Crippen LogP) is 1.57. The fraction of sp³-hybridized carbons (Fsp3) is 0.533. The van der Waals surface area contributed by atoms with E-state index in [1.807, 2.05) is 42.2 Å². The van der Waals surface area contributed by atoms with E-state index in [0.29, 0.717) is 32.7 Å². The number of nitrogens with two attached hydrogens (primary N) is 1. The molecule has 1 saturated heterocycles. The largest absolute Gasteiger partial charge is 0.370 e. The summed E-state index contributed by atoms with van der Waals surface area (Å²) in [5, 5.41) is 0. The summed E-state index contributed by atoms with van der Waals surface area (Å²) >= 11 is 0. The molecule has 2 atom stereocenters. The van der Waals surface area contributed by atoms with Gasteiger partial charge >= 0.3 is 0 Å². The number of amides is 1. The number of ether oxygens (including phenoxy) is 1. The van der Waals surface area contributed by atoms with Gasteiger partial charge in [-0.3, -0.25) is 4.79 Å². The summed E-state index contributed by atoms with van der Waals surface area (Å²) in [6.45, 7) is 4.48. The van der Waals surface area contributed by atoms with E-state index in [4.69, 9.17) is 10.5 Å². The fourth-order valence-corrected chi connectivity index (χ4v) is 2.26. The average molecular weight is 262 g/mol. The first kappa shape index (κ1) is 14.0. The van der Waals surface area contributed by atoms with E-state index in [-0.39, 0.29) is 17.9 Å². The predicted molar refractivity (Wildman–Crippen MR) is 74.6 cm³/mol. The van der Waals surface area contributed by atoms with Crippen molar-refractivity contribution in [3.8, 4) is 0 Å². The lowest BCUT2D eigenvalue weighted by Gasteiger charge is -2.33. The first-order valence-corrected chi connectivity index (χ1v) is 6.85. The molecule has 2 unspecified atom stereocenters. The summed E-state index contributed by atoms with van der Waals surface area (Å²) < 4.78 is 5.76. The molecule has 0 aliphatic carbocycles. The highest BCUT2D eigenvalue weighted by atomic mass is 16.5. The first-order valence-electron chi connectivity index (χ1n) is 6.85. The smallest absolute Gasteiger partial charge is 0.223 e. The van der Waals surface area contributed by atoms with Crippen LogP contribution < -0.4 is 5.73 Å². The number of benzene rings is 1. The Kier molecular flexibility index (Phi) is 4.93. The van der Waals surface area contributed by atoms with Crippen molar-refractivity contribution in [2.45, 2.75) is 19.4 Å². The molecular formula is C15H22N2O2. The van der Waals surface area contributed by atoms with Crippen LogP contribution in [0.2, 0.25) is 0 Å². The molecule has 0 radical (unpaired) electrons. The van der Waals surface area contributed by atoms with E-state index < -0.39 is 0 Å². The molecule has 2 N–H and O–H groups in total. The maximum atomic E-state index is 12.2. The van der Waals surface area contributed by atoms with Crippen LogP contribution in [0, 0.1) is 5.92 Å². The van der Waals surface area contributed by atoms with Crippen LogP contribution in [0.25, 0.3) is 0 Å². The third kappa shape index (κ3) is 3.78. The highest BCUT2D eigenvalue weighted by molar-refractivity contribution is 5.76. The van der Waals surface area contributed by atoms with Crippen molar-refractivity contribution in [1.29, 1.82) is 0 Å². The Labute approximate surface area is 114 Å². The first-order chi connectivity index (χ1) is 9.20. The lowest BCUT2D eigenvalue weighted by molar-refractivity contribution is -0.139. The zero-order valence-electron chi connectivity index (χ0n) is 11.4. The van der Waals surface area contributed by atoms with Crippen LogP contribution in [0.1, 0.15) is 25.0 Å². The standard InChI is InChI=1S/C15H22N2O2/c1-12(10-16)9-15(18)17-7-8-19-14(11-17)13-5-3-2-4-6-13/h2-6,12,14H,7-11,16H2,1H3. The molecular weight excluding hydrogens is 240 g/mol. The summed E-state index contributed by atoms with van der Waals surface area (Å²) in [5.41, 5.74) is 6.70. The van der Waals surface area contributed by atoms with Gasteiger partial charge in [-0.05, 0) is 18.0 Å². The number of hydrogen-bond acceptors (Lipinski definition) is 3. The monoisotopic (exact) mass is 262 g/mol. The Balaban J connectivity index is 1.95. The van der Waals surface area contributed by atoms with E-state index in [0.717, 1.165) is 5.56 Å². The van der Waals surface area contributed by atoms with Crippen molar-refractivity contribution < 1.29 is 9.53 Å². The van der Waals surface area contributed by atoms with Crippen LogP contribution in [0.3, 0.4) is 0 Å². The zero-order chi connectivity index (χ0) is 13.7. The third-order valence-electron chi connectivity index (χ3n) is 3.52. The SMILES string of the molecule is CC(CN)CC(=O)N1CCOC(c2ccccc2)C1. The molecule has 1 aliphatic rings. The van der Waals surface area contributed by atoms with Gasteiger partial charge in [-0.2, -0.15) is 0 Å². The lowest BCUT2D eigenvalue weighted by Crippen LogP contribution is -2.43. The molecule has 4 heteroatoms. The van der Waals surface area contributed by atoms with Gasteiger partial charge < -0.3 is 15.4 Å². The molecule has 1 aliphatic heterocycles. The average Bonchev–Trinajstić information content (AvgIpc) is 2.48. The molecule has 1 aromatic carbocycles. The minimum absolute atomic E-state index is 0.00733. The minimum Gasteiger partial charge on any atom is -0.370 e. The van der Waals surface area contributed by atoms with Gasteiger partial charge in [0.1, 0.15) is 6.10 Å². The topological polar surface area (TPSA) is 55.6 Å². The number of hydrogen-bond donors (Lipinski definition) is 1. The molecule has 19 heavy (non-hydrogen) atoms. The van der Waals surface area contributed by atoms with Gasteiger partial charge in [0, 0.05) is 13.0 Å². The molecule has 0 bridgehead atoms. The number of nitrogens with zero attached hydrogens (tertiary/aromatic N) is 1. The zero-order valence-corrected chi connectivity index (χ0v) is 11.4. The molecule has 104 valence electrons. The van der Waals surface area contributed by atoms with Crippen LogP contribution in [0.4, 0.5) is 0 Å². The van der Waals surface area contributed by atoms with Crippen molar-refractivity contribution in [2.24, 2.45) is 11.7 Å². The van der Waals surface area contributed by atoms with Crippen molar-refractivity contribution in [3.05, 3.63) is 35.9 Å². The van der Waals surface area contributed by atoms with E-state index in [1.165, 1.54) is 0 Å². The molecule has 4 nitrogen and oxygen atoms in total. The highest BCUT2D eigenvalue weighted by Crippen LogP contribution is 2.22. The van der Waals surface area contributed by atoms with Gasteiger partial charge in [0.15, 0.2) is 0 Å². The second kappa shape index (κ2) is 6.68. The summed E-state index contributed by atoms with van der Waals surface area (Å²) in [6.07, 6.45) is 0.518. The minimum atomic E-state index is -0.00733. The quantitative estimate of drug-likeness (QED) is 0.896. The summed E-state index contributed by atoms with van der Waals surface area (Å²) in [4.78, 5) is 14.1. The molecule has 1 aromatic rings. The summed E-state index contributed by atoms with van der Waals surface area (Å²) in [7, 11) is 0. The van der Waals surface area contributed by atoms with E-state index in [1.54, 1.807) is 0 Å². The molecule has 1 fully saturated rings. The summed E-state index contributed by atoms with van der Waals surface area (Å²) in [5.74, 6) is 0.424. The Morgan fingerprint density at radius 3 is 2.89 bits per heavy atom. The summed E-state index contributed by atoms with van der Waals surface area (Å²) in [6, 6.07) is 10.1. The third-order valence-corrected chi connectivity index (χ3v) is 3.52. The lowest BCUT2D eigenvalue weighted by atomic mass is 10.1. The molecule has 0 saturated carbocycles. The van der Waals surface area contributed by atoms with Crippen LogP contribution in [0.15, 0.2) is 30.3 Å². The van der Waals surface area contributed by atoms with Gasteiger partial charge in [-0.1, -0.05) is 37.3 Å². The molecule has 1 heterocycles. The van der Waals surface area contributed by atoms with Gasteiger partial charge in [-0.25, -0.2) is 0 Å². The van der Waals surface area contributed by atoms with Gasteiger partial charge in [-0.15, -0.1) is 0 Å². The highest BCUT2D eigenvalue weighted by Gasteiger charge is 2.25. The molecule has 1 amide bonds. The van der Waals surface area contributed by atoms with Gasteiger partial charge in [0.05, 0.1) is 13.2 Å². The van der Waals surface area contributed by atoms with Crippen molar-refractivity contribution >= 4 is 5.91 Å². The Bertz CT molecular complexity index is 408. The van der Waals surface area contributed by atoms with Crippen LogP contribution in [-0.2, 0) is 9.53 Å². The van der Waals surface area contributed by atoms with Crippen molar-refractivity contribution in [3.63, 3.8) is 0 Å². The molecule has 2 rings (SSSR count). The number of rotatable bonds is 4. The Hall–Kier alpha value is -1.39. The fourth-order valence-electron chi connectivity index (χ4n) is 2.26. The van der Waals surface area contributed by atoms with Crippen molar-refractivity contribution in [1.82, 2.24) is 4.90 Å². The number of carbonyl (C=O) groups is 1.